The second-order valence-electron chi connectivity index (χ2n) is 6.56. The number of fused-ring (bicyclic) bond motifs is 1. The molecule has 0 atom stereocenters. The molecule has 0 radical (unpaired) electrons. The molecule has 158 valence electrons. The van der Waals surface area contributed by atoms with Crippen LogP contribution in [0.1, 0.15) is 6.92 Å². The fourth-order valence-corrected chi connectivity index (χ4v) is 3.94. The highest BCUT2D eigenvalue weighted by Gasteiger charge is 2.14. The lowest BCUT2D eigenvalue weighted by Gasteiger charge is -2.11. The summed E-state index contributed by atoms with van der Waals surface area (Å²) in [5.41, 5.74) is 3.16. The van der Waals surface area contributed by atoms with Gasteiger partial charge in [0.1, 0.15) is 16.5 Å². The summed E-state index contributed by atoms with van der Waals surface area (Å²) >= 11 is 1.36. The fraction of sp³-hybridized carbons (Fsp3) is 0.174. The molecule has 4 rings (SSSR count). The molecular weight excluding hydrogens is 412 g/mol. The van der Waals surface area contributed by atoms with E-state index in [2.05, 4.69) is 15.4 Å². The molecule has 2 aromatic carbocycles. The first-order valence-electron chi connectivity index (χ1n) is 9.82. The van der Waals surface area contributed by atoms with E-state index < -0.39 is 0 Å². The van der Waals surface area contributed by atoms with Crippen molar-refractivity contribution in [1.82, 2.24) is 14.6 Å². The summed E-state index contributed by atoms with van der Waals surface area (Å²) in [5.74, 6) is 1.48. The molecule has 0 bridgehead atoms. The van der Waals surface area contributed by atoms with Crippen molar-refractivity contribution >= 4 is 28.9 Å². The van der Waals surface area contributed by atoms with Crippen molar-refractivity contribution in [3.8, 4) is 22.8 Å². The number of ether oxygens (including phenoxy) is 2. The van der Waals surface area contributed by atoms with Crippen molar-refractivity contribution in [1.29, 1.82) is 0 Å². The minimum atomic E-state index is -0.134. The van der Waals surface area contributed by atoms with Crippen LogP contribution in [0.25, 0.3) is 16.8 Å². The number of hydrogen-bond acceptors (Lipinski definition) is 6. The zero-order chi connectivity index (χ0) is 21.6. The number of thioether (sulfide) groups is 1. The molecule has 0 aliphatic rings. The minimum Gasteiger partial charge on any atom is -0.496 e. The summed E-state index contributed by atoms with van der Waals surface area (Å²) in [6.45, 7) is 2.44. The van der Waals surface area contributed by atoms with Crippen molar-refractivity contribution in [2.75, 3.05) is 24.8 Å². The molecule has 2 heterocycles. The Morgan fingerprint density at radius 1 is 1.13 bits per heavy atom. The molecule has 0 aliphatic heterocycles. The third-order valence-electron chi connectivity index (χ3n) is 4.54. The zero-order valence-corrected chi connectivity index (χ0v) is 18.1. The predicted molar refractivity (Wildman–Crippen MR) is 122 cm³/mol. The molecule has 4 aromatic rings. The Morgan fingerprint density at radius 2 is 1.90 bits per heavy atom. The maximum absolute atomic E-state index is 12.5. The standard InChI is InChI=1S/C23H22N4O3S/c1-3-30-21-11-7-5-9-17(21)25-22(28)15-31-23-19-14-18(26-27(19)13-12-24-23)16-8-4-6-10-20(16)29-2/h4-14H,3,15H2,1-2H3,(H,25,28). The number of nitrogens with one attached hydrogen (secondary N) is 1. The van der Waals surface area contributed by atoms with Gasteiger partial charge in [0, 0.05) is 18.0 Å². The number of hydrogen-bond donors (Lipinski definition) is 1. The van der Waals surface area contributed by atoms with Crippen LogP contribution in [-0.4, -0.2) is 40.0 Å². The van der Waals surface area contributed by atoms with Gasteiger partial charge in [0.2, 0.25) is 5.91 Å². The number of aromatic nitrogens is 3. The molecule has 1 amide bonds. The lowest BCUT2D eigenvalue weighted by molar-refractivity contribution is -0.113. The molecule has 0 saturated carbocycles. The van der Waals surface area contributed by atoms with Crippen LogP contribution in [0.5, 0.6) is 11.5 Å². The Bertz CT molecular complexity index is 1210. The van der Waals surface area contributed by atoms with E-state index in [1.165, 1.54) is 11.8 Å². The van der Waals surface area contributed by atoms with Gasteiger partial charge in [0.15, 0.2) is 0 Å². The van der Waals surface area contributed by atoms with Gasteiger partial charge in [0.25, 0.3) is 0 Å². The van der Waals surface area contributed by atoms with Gasteiger partial charge in [0.05, 0.1) is 36.4 Å². The maximum atomic E-state index is 12.5. The number of rotatable bonds is 8. The van der Waals surface area contributed by atoms with Crippen molar-refractivity contribution < 1.29 is 14.3 Å². The average Bonchev–Trinajstić information content (AvgIpc) is 3.24. The summed E-state index contributed by atoms with van der Waals surface area (Å²) < 4.78 is 12.8. The zero-order valence-electron chi connectivity index (χ0n) is 17.2. The predicted octanol–water partition coefficient (Wildman–Crippen LogP) is 4.53. The number of anilines is 1. The van der Waals surface area contributed by atoms with Crippen LogP contribution in [-0.2, 0) is 4.79 Å². The number of carbonyl (C=O) groups excluding carboxylic acids is 1. The lowest BCUT2D eigenvalue weighted by Crippen LogP contribution is -2.15. The Hall–Kier alpha value is -3.52. The topological polar surface area (TPSA) is 77.8 Å². The van der Waals surface area contributed by atoms with E-state index >= 15 is 0 Å². The molecule has 0 aliphatic carbocycles. The Labute approximate surface area is 184 Å². The van der Waals surface area contributed by atoms with Crippen molar-refractivity contribution in [2.24, 2.45) is 0 Å². The van der Waals surface area contributed by atoms with E-state index in [-0.39, 0.29) is 11.7 Å². The lowest BCUT2D eigenvalue weighted by atomic mass is 10.1. The monoisotopic (exact) mass is 434 g/mol. The maximum Gasteiger partial charge on any atom is 0.234 e. The molecule has 2 aromatic heterocycles. The van der Waals surface area contributed by atoms with Crippen LogP contribution >= 0.6 is 11.8 Å². The van der Waals surface area contributed by atoms with Crippen molar-refractivity contribution in [2.45, 2.75) is 11.9 Å². The molecule has 1 N–H and O–H groups in total. The molecule has 0 spiro atoms. The first-order valence-corrected chi connectivity index (χ1v) is 10.8. The van der Waals surface area contributed by atoms with Gasteiger partial charge in [-0.05, 0) is 37.3 Å². The second kappa shape index (κ2) is 9.53. The van der Waals surface area contributed by atoms with Gasteiger partial charge in [-0.25, -0.2) is 9.50 Å². The molecule has 7 nitrogen and oxygen atoms in total. The molecule has 0 saturated heterocycles. The van der Waals surface area contributed by atoms with Crippen molar-refractivity contribution in [3.05, 3.63) is 67.0 Å². The number of nitrogens with zero attached hydrogens (tertiary/aromatic N) is 3. The quantitative estimate of drug-likeness (QED) is 0.411. The summed E-state index contributed by atoms with van der Waals surface area (Å²) in [5, 5.41) is 8.28. The summed E-state index contributed by atoms with van der Waals surface area (Å²) in [6, 6.07) is 17.1. The van der Waals surface area contributed by atoms with Crippen molar-refractivity contribution in [3.63, 3.8) is 0 Å². The third-order valence-corrected chi connectivity index (χ3v) is 5.53. The van der Waals surface area contributed by atoms with Crippen LogP contribution in [0, 0.1) is 0 Å². The highest BCUT2D eigenvalue weighted by atomic mass is 32.2. The second-order valence-corrected chi connectivity index (χ2v) is 7.52. The first kappa shape index (κ1) is 20.7. The number of para-hydroxylation sites is 3. The molecular formula is C23H22N4O3S. The van der Waals surface area contributed by atoms with Crippen LogP contribution in [0.2, 0.25) is 0 Å². The van der Waals surface area contributed by atoms with Gasteiger partial charge in [-0.2, -0.15) is 5.10 Å². The Balaban J connectivity index is 1.52. The van der Waals surface area contributed by atoms with Crippen LogP contribution in [0.4, 0.5) is 5.69 Å². The molecule has 8 heteroatoms. The number of benzene rings is 2. The van der Waals surface area contributed by atoms with E-state index in [1.807, 2.05) is 61.5 Å². The summed E-state index contributed by atoms with van der Waals surface area (Å²) in [7, 11) is 1.64. The smallest absolute Gasteiger partial charge is 0.234 e. The Morgan fingerprint density at radius 3 is 2.71 bits per heavy atom. The minimum absolute atomic E-state index is 0.134. The SMILES string of the molecule is CCOc1ccccc1NC(=O)CSc1nccn2nc(-c3ccccc3OC)cc12. The van der Waals surface area contributed by atoms with E-state index in [0.29, 0.717) is 18.0 Å². The van der Waals surface area contributed by atoms with Gasteiger partial charge >= 0.3 is 0 Å². The number of carbonyl (C=O) groups is 1. The van der Waals surface area contributed by atoms with Gasteiger partial charge in [-0.3, -0.25) is 4.79 Å². The number of methoxy groups -OCH3 is 1. The largest absolute Gasteiger partial charge is 0.496 e. The Kier molecular flexibility index (Phi) is 6.37. The van der Waals surface area contributed by atoms with Gasteiger partial charge < -0.3 is 14.8 Å². The first-order chi connectivity index (χ1) is 15.2. The normalized spacial score (nSPS) is 10.8. The van der Waals surface area contributed by atoms with E-state index in [9.17, 15) is 4.79 Å². The van der Waals surface area contributed by atoms with E-state index in [1.54, 1.807) is 24.0 Å². The van der Waals surface area contributed by atoms with Gasteiger partial charge in [-0.15, -0.1) is 0 Å². The fourth-order valence-electron chi connectivity index (χ4n) is 3.17. The van der Waals surface area contributed by atoms with Gasteiger partial charge in [-0.1, -0.05) is 36.0 Å². The van der Waals surface area contributed by atoms with Crippen LogP contribution in [0.15, 0.2) is 72.0 Å². The summed E-state index contributed by atoms with van der Waals surface area (Å²) in [6.07, 6.45) is 3.47. The third kappa shape index (κ3) is 4.64. The van der Waals surface area contributed by atoms with E-state index in [0.717, 1.165) is 27.5 Å². The highest BCUT2D eigenvalue weighted by Crippen LogP contribution is 2.31. The van der Waals surface area contributed by atoms with Crippen LogP contribution < -0.4 is 14.8 Å². The number of amides is 1. The molecule has 31 heavy (non-hydrogen) atoms. The van der Waals surface area contributed by atoms with Crippen LogP contribution in [0.3, 0.4) is 0 Å². The highest BCUT2D eigenvalue weighted by molar-refractivity contribution is 8.00. The summed E-state index contributed by atoms with van der Waals surface area (Å²) in [4.78, 5) is 17.0. The molecule has 0 unspecified atom stereocenters. The van der Waals surface area contributed by atoms with E-state index in [4.69, 9.17) is 9.47 Å². The molecule has 0 fully saturated rings. The average molecular weight is 435 g/mol.